The highest BCUT2D eigenvalue weighted by atomic mass is 16.5. The van der Waals surface area contributed by atoms with Crippen LogP contribution in [-0.4, -0.2) is 74.2 Å². The number of fused-ring (bicyclic) bond motifs is 1. The molecule has 0 unspecified atom stereocenters. The molecule has 1 aromatic heterocycles. The van der Waals surface area contributed by atoms with Gasteiger partial charge in [0.2, 0.25) is 5.91 Å². The first-order valence-corrected chi connectivity index (χ1v) is 14.0. The van der Waals surface area contributed by atoms with Gasteiger partial charge in [-0.2, -0.15) is 0 Å². The second-order valence-corrected chi connectivity index (χ2v) is 10.5. The summed E-state index contributed by atoms with van der Waals surface area (Å²) < 4.78 is 5.22. The Morgan fingerprint density at radius 1 is 0.902 bits per heavy atom. The Morgan fingerprint density at radius 2 is 1.63 bits per heavy atom. The number of para-hydroxylation sites is 2. The van der Waals surface area contributed by atoms with E-state index in [1.807, 2.05) is 68.5 Å². The van der Waals surface area contributed by atoms with Gasteiger partial charge in [0.1, 0.15) is 6.54 Å². The van der Waals surface area contributed by atoms with Crippen LogP contribution in [0.4, 0.5) is 16.2 Å². The lowest BCUT2D eigenvalue weighted by molar-refractivity contribution is -0.132. The maximum Gasteiger partial charge on any atom is 0.322 e. The second kappa shape index (κ2) is 14.4. The Bertz CT molecular complexity index is 1430. The van der Waals surface area contributed by atoms with Crippen LogP contribution in [0.3, 0.4) is 0 Å². The normalized spacial score (nSPS) is 10.9. The largest absolute Gasteiger partial charge is 0.385 e. The average Bonchev–Trinajstić information content (AvgIpc) is 3.39. The first kappa shape index (κ1) is 29.7. The summed E-state index contributed by atoms with van der Waals surface area (Å²) in [5.41, 5.74) is 6.08. The van der Waals surface area contributed by atoms with E-state index >= 15 is 0 Å². The van der Waals surface area contributed by atoms with Gasteiger partial charge in [-0.3, -0.25) is 4.79 Å². The smallest absolute Gasteiger partial charge is 0.322 e. The van der Waals surface area contributed by atoms with E-state index in [0.717, 1.165) is 39.0 Å². The molecule has 0 saturated heterocycles. The minimum atomic E-state index is -0.296. The highest BCUT2D eigenvalue weighted by Crippen LogP contribution is 2.20. The van der Waals surface area contributed by atoms with E-state index in [2.05, 4.69) is 51.6 Å². The molecule has 8 nitrogen and oxygen atoms in total. The number of carbonyl (C=O) groups is 2. The van der Waals surface area contributed by atoms with Crippen molar-refractivity contribution >= 4 is 34.2 Å². The lowest BCUT2D eigenvalue weighted by atomic mass is 10.1. The zero-order valence-electron chi connectivity index (χ0n) is 24.5. The Morgan fingerprint density at radius 3 is 2.37 bits per heavy atom. The topological polar surface area (TPSA) is 80.9 Å². The highest BCUT2D eigenvalue weighted by Gasteiger charge is 2.22. The van der Waals surface area contributed by atoms with E-state index in [1.54, 1.807) is 12.0 Å². The molecule has 2 N–H and O–H groups in total. The molecule has 1 heterocycles. The summed E-state index contributed by atoms with van der Waals surface area (Å²) in [6, 6.07) is 23.8. The SMILES string of the molecule is COCCCN(CC(=O)N(CCc1c[nH]c2ccccc12)Cc1ccc(N(C)C)cc1)C(=O)Nc1ccccc1C. The number of H-pyrrole nitrogens is 1. The summed E-state index contributed by atoms with van der Waals surface area (Å²) in [4.78, 5) is 36.1. The van der Waals surface area contributed by atoms with E-state index in [4.69, 9.17) is 4.74 Å². The summed E-state index contributed by atoms with van der Waals surface area (Å²) in [5, 5.41) is 4.15. The molecule has 0 aliphatic rings. The van der Waals surface area contributed by atoms with Gasteiger partial charge in [-0.25, -0.2) is 4.79 Å². The lowest BCUT2D eigenvalue weighted by Crippen LogP contribution is -2.45. The van der Waals surface area contributed by atoms with Crippen molar-refractivity contribution < 1.29 is 14.3 Å². The van der Waals surface area contributed by atoms with E-state index in [1.165, 1.54) is 0 Å². The molecule has 3 aromatic carbocycles. The number of methoxy groups -OCH3 is 1. The molecule has 4 aromatic rings. The molecule has 8 heteroatoms. The number of aromatic nitrogens is 1. The molecular weight excluding hydrogens is 514 g/mol. The minimum absolute atomic E-state index is 0.0227. The van der Waals surface area contributed by atoms with Crippen LogP contribution in [-0.2, 0) is 22.5 Å². The number of nitrogens with one attached hydrogen (secondary N) is 2. The molecule has 4 rings (SSSR count). The summed E-state index contributed by atoms with van der Waals surface area (Å²) in [5.74, 6) is -0.0983. The predicted molar refractivity (Wildman–Crippen MR) is 166 cm³/mol. The van der Waals surface area contributed by atoms with Crippen LogP contribution in [0.15, 0.2) is 79.0 Å². The number of amides is 3. The Hall–Kier alpha value is -4.30. The van der Waals surface area contributed by atoms with Crippen molar-refractivity contribution in [2.75, 3.05) is 57.7 Å². The molecule has 0 radical (unpaired) electrons. The number of ether oxygens (including phenoxy) is 1. The monoisotopic (exact) mass is 555 g/mol. The summed E-state index contributed by atoms with van der Waals surface area (Å²) in [6.07, 6.45) is 3.35. The first-order chi connectivity index (χ1) is 19.9. The van der Waals surface area contributed by atoms with Crippen LogP contribution < -0.4 is 10.2 Å². The van der Waals surface area contributed by atoms with Crippen LogP contribution in [0.1, 0.15) is 23.1 Å². The molecule has 0 aliphatic heterocycles. The average molecular weight is 556 g/mol. The maximum atomic E-state index is 13.9. The third-order valence-electron chi connectivity index (χ3n) is 7.28. The third kappa shape index (κ3) is 8.11. The van der Waals surface area contributed by atoms with E-state index in [0.29, 0.717) is 39.1 Å². The number of nitrogens with zero attached hydrogens (tertiary/aromatic N) is 3. The standard InChI is InChI=1S/C33H41N5O3/c1-25-10-5-7-12-30(25)35-33(40)38(19-9-21-41-4)24-32(39)37(23-26-14-16-28(17-15-26)36(2)3)20-18-27-22-34-31-13-8-6-11-29(27)31/h5-8,10-17,22,34H,9,18-21,23-24H2,1-4H3,(H,35,40). The number of aryl methyl sites for hydroxylation is 1. The van der Waals surface area contributed by atoms with Crippen LogP contribution in [0.25, 0.3) is 10.9 Å². The van der Waals surface area contributed by atoms with Crippen molar-refractivity contribution in [2.45, 2.75) is 26.3 Å². The van der Waals surface area contributed by atoms with Crippen molar-refractivity contribution in [1.29, 1.82) is 0 Å². The van der Waals surface area contributed by atoms with E-state index < -0.39 is 0 Å². The number of rotatable bonds is 13. The van der Waals surface area contributed by atoms with Crippen molar-refractivity contribution in [3.63, 3.8) is 0 Å². The van der Waals surface area contributed by atoms with Gasteiger partial charge in [0.15, 0.2) is 0 Å². The fourth-order valence-corrected chi connectivity index (χ4v) is 4.83. The summed E-state index contributed by atoms with van der Waals surface area (Å²) >= 11 is 0. The van der Waals surface area contributed by atoms with Crippen molar-refractivity contribution in [3.8, 4) is 0 Å². The predicted octanol–water partition coefficient (Wildman–Crippen LogP) is 5.68. The summed E-state index contributed by atoms with van der Waals surface area (Å²) in [6.45, 7) is 3.83. The van der Waals surface area contributed by atoms with Crippen molar-refractivity contribution in [1.82, 2.24) is 14.8 Å². The number of hydrogen-bond donors (Lipinski definition) is 2. The molecule has 41 heavy (non-hydrogen) atoms. The van der Waals surface area contributed by atoms with Crippen LogP contribution in [0.2, 0.25) is 0 Å². The molecule has 0 fully saturated rings. The highest BCUT2D eigenvalue weighted by molar-refractivity contribution is 5.93. The first-order valence-electron chi connectivity index (χ1n) is 14.0. The molecule has 0 atom stereocenters. The van der Waals surface area contributed by atoms with Crippen LogP contribution >= 0.6 is 0 Å². The van der Waals surface area contributed by atoms with Gasteiger partial charge in [0.05, 0.1) is 0 Å². The van der Waals surface area contributed by atoms with Gasteiger partial charge in [-0.1, -0.05) is 48.5 Å². The lowest BCUT2D eigenvalue weighted by Gasteiger charge is -2.28. The second-order valence-electron chi connectivity index (χ2n) is 10.5. The Labute approximate surface area is 242 Å². The maximum absolute atomic E-state index is 13.9. The van der Waals surface area contributed by atoms with Crippen LogP contribution in [0, 0.1) is 6.92 Å². The van der Waals surface area contributed by atoms with Gasteiger partial charge in [-0.05, 0) is 60.7 Å². The van der Waals surface area contributed by atoms with Gasteiger partial charge in [-0.15, -0.1) is 0 Å². The fraction of sp³-hybridized carbons (Fsp3) is 0.333. The molecule has 0 bridgehead atoms. The zero-order valence-corrected chi connectivity index (χ0v) is 24.5. The molecule has 0 aliphatic carbocycles. The number of benzene rings is 3. The Kier molecular flexibility index (Phi) is 10.4. The number of aromatic amines is 1. The number of urea groups is 1. The number of anilines is 2. The molecule has 3 amide bonds. The molecule has 0 spiro atoms. The number of carbonyl (C=O) groups excluding carboxylic acids is 2. The van der Waals surface area contributed by atoms with Crippen molar-refractivity contribution in [3.05, 3.63) is 95.7 Å². The molecule has 0 saturated carbocycles. The van der Waals surface area contributed by atoms with Crippen molar-refractivity contribution in [2.24, 2.45) is 0 Å². The minimum Gasteiger partial charge on any atom is -0.385 e. The Balaban J connectivity index is 1.53. The van der Waals surface area contributed by atoms with E-state index in [9.17, 15) is 9.59 Å². The van der Waals surface area contributed by atoms with Gasteiger partial charge < -0.3 is 29.7 Å². The molecular formula is C33H41N5O3. The number of hydrogen-bond acceptors (Lipinski definition) is 4. The van der Waals surface area contributed by atoms with E-state index in [-0.39, 0.29) is 18.5 Å². The molecule has 216 valence electrons. The third-order valence-corrected chi connectivity index (χ3v) is 7.28. The fourth-order valence-electron chi connectivity index (χ4n) is 4.83. The zero-order chi connectivity index (χ0) is 29.2. The van der Waals surface area contributed by atoms with Gasteiger partial charge >= 0.3 is 6.03 Å². The quantitative estimate of drug-likeness (QED) is 0.208. The van der Waals surface area contributed by atoms with Crippen LogP contribution in [0.5, 0.6) is 0 Å². The summed E-state index contributed by atoms with van der Waals surface area (Å²) in [7, 11) is 5.65. The van der Waals surface area contributed by atoms with Gasteiger partial charge in [0, 0.05) is 75.9 Å². The van der Waals surface area contributed by atoms with Gasteiger partial charge in [0.25, 0.3) is 0 Å².